The second kappa shape index (κ2) is 11.0. The number of rotatable bonds is 7. The number of hydrogen-bond acceptors (Lipinski definition) is 8. The van der Waals surface area contributed by atoms with Crippen molar-refractivity contribution in [3.05, 3.63) is 85.5 Å². The number of esters is 1. The fourth-order valence-corrected chi connectivity index (χ4v) is 5.40. The summed E-state index contributed by atoms with van der Waals surface area (Å²) in [4.78, 5) is 30.0. The number of fused-ring (bicyclic) bond motifs is 2. The number of furan rings is 1. The molecule has 0 bridgehead atoms. The van der Waals surface area contributed by atoms with Gasteiger partial charge in [0.05, 0.1) is 45.7 Å². The number of hydrogen-bond donors (Lipinski definition) is 0. The molecule has 1 atom stereocenters. The first-order chi connectivity index (χ1) is 18.8. The Labute approximate surface area is 239 Å². The molecule has 3 aromatic carbocycles. The van der Waals surface area contributed by atoms with Crippen LogP contribution >= 0.6 is 31.9 Å². The van der Waals surface area contributed by atoms with Crippen LogP contribution < -0.4 is 15.0 Å². The highest BCUT2D eigenvalue weighted by Gasteiger charge is 2.20. The highest BCUT2D eigenvalue weighted by atomic mass is 79.9. The molecule has 9 nitrogen and oxygen atoms in total. The normalized spacial score (nSPS) is 12.2. The summed E-state index contributed by atoms with van der Waals surface area (Å²) >= 11 is 6.96. The third kappa shape index (κ3) is 5.19. The first-order valence-electron chi connectivity index (χ1n) is 11.7. The number of para-hydroxylation sites is 1. The van der Waals surface area contributed by atoms with Crippen LogP contribution in [0.1, 0.15) is 12.5 Å². The van der Waals surface area contributed by atoms with E-state index in [2.05, 4.69) is 37.0 Å². The van der Waals surface area contributed by atoms with Crippen molar-refractivity contribution in [2.45, 2.75) is 13.0 Å². The molecule has 198 valence electrons. The van der Waals surface area contributed by atoms with Gasteiger partial charge >= 0.3 is 5.97 Å². The first kappa shape index (κ1) is 26.6. The molecule has 11 heteroatoms. The summed E-state index contributed by atoms with van der Waals surface area (Å²) in [6, 6.07) is 17.8. The summed E-state index contributed by atoms with van der Waals surface area (Å²) in [7, 11) is 2.88. The molecule has 0 aliphatic rings. The standard InChI is InChI=1S/C28H21Br2N3O6/c1-15(28(35)37-3)38-25-19(29)11-16(12-20(25)30)14-31-33-26(32-21-8-5-4-7-17(21)27(33)34)24-13-18-22(36-2)9-6-10-23(18)39-24/h4-15H,1-3H3/t15-/m1/s1. The fraction of sp³-hybridized carbons (Fsp3) is 0.143. The van der Waals surface area contributed by atoms with Crippen molar-refractivity contribution in [3.8, 4) is 23.1 Å². The zero-order valence-electron chi connectivity index (χ0n) is 21.0. The van der Waals surface area contributed by atoms with Crippen LogP contribution in [0.3, 0.4) is 0 Å². The minimum Gasteiger partial charge on any atom is -0.496 e. The van der Waals surface area contributed by atoms with E-state index in [1.807, 2.05) is 24.3 Å². The van der Waals surface area contributed by atoms with Gasteiger partial charge in [-0.1, -0.05) is 18.2 Å². The molecule has 2 aromatic heterocycles. The third-order valence-corrected chi connectivity index (χ3v) is 7.06. The molecule has 0 saturated heterocycles. The van der Waals surface area contributed by atoms with Crippen LogP contribution in [-0.4, -0.2) is 42.2 Å². The zero-order chi connectivity index (χ0) is 27.7. The molecule has 0 spiro atoms. The third-order valence-electron chi connectivity index (χ3n) is 5.89. The Bertz CT molecular complexity index is 1790. The number of methoxy groups -OCH3 is 2. The number of carbonyl (C=O) groups is 1. The van der Waals surface area contributed by atoms with Crippen molar-refractivity contribution >= 4 is 65.9 Å². The van der Waals surface area contributed by atoms with Crippen molar-refractivity contribution in [3.63, 3.8) is 0 Å². The highest BCUT2D eigenvalue weighted by Crippen LogP contribution is 2.36. The van der Waals surface area contributed by atoms with Gasteiger partial charge in [-0.3, -0.25) is 4.79 Å². The summed E-state index contributed by atoms with van der Waals surface area (Å²) in [5.74, 6) is 1.15. The van der Waals surface area contributed by atoms with Gasteiger partial charge in [-0.15, -0.1) is 0 Å². The van der Waals surface area contributed by atoms with Crippen LogP contribution in [0.4, 0.5) is 0 Å². The lowest BCUT2D eigenvalue weighted by atomic mass is 10.2. The maximum atomic E-state index is 13.5. The van der Waals surface area contributed by atoms with Crippen molar-refractivity contribution in [2.75, 3.05) is 14.2 Å². The maximum Gasteiger partial charge on any atom is 0.346 e. The largest absolute Gasteiger partial charge is 0.496 e. The van der Waals surface area contributed by atoms with Crippen LogP contribution in [-0.2, 0) is 9.53 Å². The second-order valence-electron chi connectivity index (χ2n) is 8.39. The van der Waals surface area contributed by atoms with E-state index in [9.17, 15) is 9.59 Å². The van der Waals surface area contributed by atoms with E-state index in [0.717, 1.165) is 5.39 Å². The topological polar surface area (TPSA) is 105 Å². The van der Waals surface area contributed by atoms with E-state index in [1.54, 1.807) is 50.4 Å². The van der Waals surface area contributed by atoms with E-state index >= 15 is 0 Å². The molecular formula is C28H21Br2N3O6. The van der Waals surface area contributed by atoms with E-state index in [1.165, 1.54) is 18.0 Å². The summed E-state index contributed by atoms with van der Waals surface area (Å²) in [5.41, 5.74) is 1.39. The van der Waals surface area contributed by atoms with Crippen LogP contribution in [0.25, 0.3) is 33.5 Å². The monoisotopic (exact) mass is 653 g/mol. The van der Waals surface area contributed by atoms with Crippen LogP contribution in [0, 0.1) is 0 Å². The Morgan fingerprint density at radius 2 is 1.79 bits per heavy atom. The number of carbonyl (C=O) groups excluding carboxylic acids is 1. The number of halogens is 2. The van der Waals surface area contributed by atoms with Crippen molar-refractivity contribution in [1.82, 2.24) is 9.66 Å². The number of nitrogens with zero attached hydrogens (tertiary/aromatic N) is 3. The van der Waals surface area contributed by atoms with Crippen molar-refractivity contribution < 1.29 is 23.4 Å². The Morgan fingerprint density at radius 1 is 1.05 bits per heavy atom. The minimum absolute atomic E-state index is 0.234. The van der Waals surface area contributed by atoms with E-state index in [4.69, 9.17) is 23.6 Å². The van der Waals surface area contributed by atoms with Gasteiger partial charge < -0.3 is 18.6 Å². The predicted octanol–water partition coefficient (Wildman–Crippen LogP) is 6.17. The zero-order valence-corrected chi connectivity index (χ0v) is 24.1. The Kier molecular flexibility index (Phi) is 7.53. The van der Waals surface area contributed by atoms with Gasteiger partial charge in [0, 0.05) is 0 Å². The average molecular weight is 655 g/mol. The molecule has 0 radical (unpaired) electrons. The van der Waals surface area contributed by atoms with E-state index in [0.29, 0.717) is 48.3 Å². The van der Waals surface area contributed by atoms with Crippen LogP contribution in [0.2, 0.25) is 0 Å². The van der Waals surface area contributed by atoms with Crippen LogP contribution in [0.15, 0.2) is 83.9 Å². The van der Waals surface area contributed by atoms with Gasteiger partial charge in [0.25, 0.3) is 5.56 Å². The van der Waals surface area contributed by atoms with Gasteiger partial charge in [-0.25, -0.2) is 9.78 Å². The molecular weight excluding hydrogens is 634 g/mol. The van der Waals surface area contributed by atoms with E-state index < -0.39 is 12.1 Å². The lowest BCUT2D eigenvalue weighted by molar-refractivity contribution is -0.147. The van der Waals surface area contributed by atoms with Crippen molar-refractivity contribution in [2.24, 2.45) is 5.10 Å². The first-order valence-corrected chi connectivity index (χ1v) is 13.3. The fourth-order valence-electron chi connectivity index (χ4n) is 3.99. The van der Waals surface area contributed by atoms with Gasteiger partial charge in [-0.2, -0.15) is 9.78 Å². The Morgan fingerprint density at radius 3 is 2.51 bits per heavy atom. The summed E-state index contributed by atoms with van der Waals surface area (Å²) in [6.45, 7) is 1.59. The van der Waals surface area contributed by atoms with Gasteiger partial charge in [0.1, 0.15) is 17.1 Å². The molecule has 5 aromatic rings. The molecule has 0 aliphatic carbocycles. The number of benzene rings is 3. The predicted molar refractivity (Wildman–Crippen MR) is 155 cm³/mol. The molecule has 0 amide bonds. The lowest BCUT2D eigenvalue weighted by Crippen LogP contribution is -2.25. The summed E-state index contributed by atoms with van der Waals surface area (Å²) in [6.07, 6.45) is 0.711. The second-order valence-corrected chi connectivity index (χ2v) is 10.1. The molecule has 0 aliphatic heterocycles. The molecule has 39 heavy (non-hydrogen) atoms. The smallest absolute Gasteiger partial charge is 0.346 e. The molecule has 0 unspecified atom stereocenters. The maximum absolute atomic E-state index is 13.5. The minimum atomic E-state index is -0.811. The van der Waals surface area contributed by atoms with Crippen molar-refractivity contribution in [1.29, 1.82) is 0 Å². The number of ether oxygens (including phenoxy) is 3. The molecule has 2 heterocycles. The Balaban J connectivity index is 1.60. The van der Waals surface area contributed by atoms with Crippen LogP contribution in [0.5, 0.6) is 11.5 Å². The SMILES string of the molecule is COC(=O)[C@@H](C)Oc1c(Br)cc(C=Nn2c(-c3cc4c(OC)cccc4o3)nc3ccccc3c2=O)cc1Br. The average Bonchev–Trinajstić information content (AvgIpc) is 3.38. The number of aromatic nitrogens is 2. The highest BCUT2D eigenvalue weighted by molar-refractivity contribution is 9.11. The van der Waals surface area contributed by atoms with Gasteiger partial charge in [-0.05, 0) is 86.8 Å². The van der Waals surface area contributed by atoms with E-state index in [-0.39, 0.29) is 11.4 Å². The molecule has 0 fully saturated rings. The van der Waals surface area contributed by atoms with Gasteiger partial charge in [0.2, 0.25) is 5.82 Å². The molecule has 0 saturated carbocycles. The Hall–Kier alpha value is -3.96. The lowest BCUT2D eigenvalue weighted by Gasteiger charge is -2.15. The molecule has 5 rings (SSSR count). The van der Waals surface area contributed by atoms with Gasteiger partial charge in [0.15, 0.2) is 11.9 Å². The quantitative estimate of drug-likeness (QED) is 0.153. The summed E-state index contributed by atoms with van der Waals surface area (Å²) in [5, 5.41) is 5.66. The molecule has 0 N–H and O–H groups in total. The summed E-state index contributed by atoms with van der Waals surface area (Å²) < 4.78 is 24.3.